The normalized spacial score (nSPS) is 11.4. The van der Waals surface area contributed by atoms with Gasteiger partial charge >= 0.3 is 6.18 Å². The maximum atomic E-state index is 12.8. The Morgan fingerprint density at radius 3 is 2.40 bits per heavy atom. The maximum absolute atomic E-state index is 12.8. The predicted octanol–water partition coefficient (Wildman–Crippen LogP) is 5.40. The van der Waals surface area contributed by atoms with E-state index in [9.17, 15) is 13.2 Å². The van der Waals surface area contributed by atoms with Crippen molar-refractivity contribution in [1.29, 1.82) is 0 Å². The molecule has 2 aromatic rings. The number of benzene rings is 2. The molecule has 0 aliphatic heterocycles. The molecule has 0 aliphatic carbocycles. The fourth-order valence-electron chi connectivity index (χ4n) is 1.62. The minimum Gasteiger partial charge on any atom is -0.397 e. The van der Waals surface area contributed by atoms with Crippen LogP contribution in [0.25, 0.3) is 0 Å². The van der Waals surface area contributed by atoms with E-state index in [1.165, 1.54) is 6.07 Å². The molecule has 0 amide bonds. The highest BCUT2D eigenvalue weighted by molar-refractivity contribution is 14.1. The largest absolute Gasteiger partial charge is 0.417 e. The lowest BCUT2D eigenvalue weighted by atomic mass is 10.2. The Morgan fingerprint density at radius 1 is 1.10 bits per heavy atom. The molecule has 0 saturated heterocycles. The van der Waals surface area contributed by atoms with Gasteiger partial charge in [-0.25, -0.2) is 0 Å². The second-order valence-corrected chi connectivity index (χ2v) is 6.15. The van der Waals surface area contributed by atoms with Crippen LogP contribution < -0.4 is 11.1 Å². The third kappa shape index (κ3) is 3.57. The lowest BCUT2D eigenvalue weighted by Crippen LogP contribution is -2.07. The van der Waals surface area contributed by atoms with Crippen molar-refractivity contribution in [2.24, 2.45) is 0 Å². The first-order chi connectivity index (χ1) is 9.27. The van der Waals surface area contributed by atoms with Gasteiger partial charge in [-0.1, -0.05) is 15.9 Å². The minimum absolute atomic E-state index is 0.00568. The summed E-state index contributed by atoms with van der Waals surface area (Å²) in [5.41, 5.74) is 6.47. The summed E-state index contributed by atoms with van der Waals surface area (Å²) >= 11 is 5.01. The number of halogens is 5. The molecule has 0 heterocycles. The highest BCUT2D eigenvalue weighted by Gasteiger charge is 2.33. The molecule has 0 aliphatic rings. The molecule has 0 unspecified atom stereocenters. The quantitative estimate of drug-likeness (QED) is 0.469. The first-order valence-electron chi connectivity index (χ1n) is 5.46. The lowest BCUT2D eigenvalue weighted by Gasteiger charge is -2.13. The molecule has 20 heavy (non-hydrogen) atoms. The van der Waals surface area contributed by atoms with Crippen molar-refractivity contribution in [2.45, 2.75) is 6.18 Å². The number of nitrogen functional groups attached to an aromatic ring is 1. The van der Waals surface area contributed by atoms with Gasteiger partial charge < -0.3 is 11.1 Å². The molecule has 0 atom stereocenters. The molecule has 3 N–H and O–H groups in total. The van der Waals surface area contributed by atoms with Crippen molar-refractivity contribution in [2.75, 3.05) is 11.1 Å². The second kappa shape index (κ2) is 5.80. The summed E-state index contributed by atoms with van der Waals surface area (Å²) in [6, 6.07) is 9.24. The van der Waals surface area contributed by atoms with Crippen LogP contribution in [0, 0.1) is 3.57 Å². The van der Waals surface area contributed by atoms with Gasteiger partial charge in [-0.15, -0.1) is 0 Å². The topological polar surface area (TPSA) is 38.0 Å². The van der Waals surface area contributed by atoms with E-state index in [1.54, 1.807) is 18.2 Å². The Morgan fingerprint density at radius 2 is 1.80 bits per heavy atom. The first kappa shape index (κ1) is 15.4. The minimum atomic E-state index is -4.41. The second-order valence-electron chi connectivity index (χ2n) is 4.05. The highest BCUT2D eigenvalue weighted by atomic mass is 127. The average Bonchev–Trinajstić information content (AvgIpc) is 2.33. The summed E-state index contributed by atoms with van der Waals surface area (Å²) in [5.74, 6) is 0. The zero-order valence-corrected chi connectivity index (χ0v) is 13.7. The molecule has 106 valence electrons. The number of hydrogen-bond acceptors (Lipinski definition) is 2. The molecule has 2 aromatic carbocycles. The molecule has 2 rings (SSSR count). The third-order valence-corrected chi connectivity index (χ3v) is 3.93. The summed E-state index contributed by atoms with van der Waals surface area (Å²) in [7, 11) is 0. The maximum Gasteiger partial charge on any atom is 0.417 e. The van der Waals surface area contributed by atoms with Gasteiger partial charge in [0.2, 0.25) is 0 Å². The van der Waals surface area contributed by atoms with Crippen LogP contribution in [0.4, 0.5) is 30.2 Å². The number of hydrogen-bond donors (Lipinski definition) is 2. The predicted molar refractivity (Wildman–Crippen MR) is 86.0 cm³/mol. The Bertz CT molecular complexity index is 644. The number of nitrogens with one attached hydrogen (secondary N) is 1. The van der Waals surface area contributed by atoms with Gasteiger partial charge in [0.15, 0.2) is 0 Å². The van der Waals surface area contributed by atoms with Gasteiger partial charge in [-0.05, 0) is 59.0 Å². The van der Waals surface area contributed by atoms with E-state index in [-0.39, 0.29) is 4.47 Å². The van der Waals surface area contributed by atoms with E-state index in [4.69, 9.17) is 5.73 Å². The van der Waals surface area contributed by atoms with E-state index >= 15 is 0 Å². The van der Waals surface area contributed by atoms with E-state index in [0.29, 0.717) is 17.1 Å². The van der Waals surface area contributed by atoms with Crippen LogP contribution in [0.1, 0.15) is 5.56 Å². The first-order valence-corrected chi connectivity index (χ1v) is 7.33. The zero-order chi connectivity index (χ0) is 14.9. The van der Waals surface area contributed by atoms with Crippen LogP contribution in [0.2, 0.25) is 0 Å². The van der Waals surface area contributed by atoms with Gasteiger partial charge in [-0.2, -0.15) is 13.2 Å². The summed E-state index contributed by atoms with van der Waals surface area (Å²) < 4.78 is 39.4. The number of alkyl halides is 3. The molecular weight excluding hydrogens is 448 g/mol. The zero-order valence-electron chi connectivity index (χ0n) is 9.93. The van der Waals surface area contributed by atoms with Crippen LogP contribution in [0.15, 0.2) is 40.9 Å². The molecule has 0 radical (unpaired) electrons. The monoisotopic (exact) mass is 456 g/mol. The smallest absolute Gasteiger partial charge is 0.397 e. The average molecular weight is 457 g/mol. The van der Waals surface area contributed by atoms with E-state index in [1.807, 2.05) is 6.07 Å². The fraction of sp³-hybridized carbons (Fsp3) is 0.0769. The molecule has 0 spiro atoms. The van der Waals surface area contributed by atoms with E-state index < -0.39 is 11.7 Å². The molecule has 0 aromatic heterocycles. The summed E-state index contributed by atoms with van der Waals surface area (Å²) in [5, 5.41) is 2.89. The summed E-state index contributed by atoms with van der Waals surface area (Å²) in [4.78, 5) is 0. The number of anilines is 3. The van der Waals surface area contributed by atoms with Crippen LogP contribution in [0.5, 0.6) is 0 Å². The molecule has 2 nitrogen and oxygen atoms in total. The standard InChI is InChI=1S/C13H9BrF3IN2/c14-10-3-2-8(6-9(10)13(15,16)17)20-12-4-1-7(18)5-11(12)19/h1-6,20H,19H2. The van der Waals surface area contributed by atoms with Crippen molar-refractivity contribution >= 4 is 55.6 Å². The molecular formula is C13H9BrF3IN2. The highest BCUT2D eigenvalue weighted by Crippen LogP contribution is 2.37. The van der Waals surface area contributed by atoms with Crippen LogP contribution >= 0.6 is 38.5 Å². The molecule has 7 heteroatoms. The van der Waals surface area contributed by atoms with Crippen LogP contribution in [-0.4, -0.2) is 0 Å². The fourth-order valence-corrected chi connectivity index (χ4v) is 2.61. The summed E-state index contributed by atoms with van der Waals surface area (Å²) in [6.07, 6.45) is -4.41. The summed E-state index contributed by atoms with van der Waals surface area (Å²) in [6.45, 7) is 0. The van der Waals surface area contributed by atoms with Crippen molar-refractivity contribution in [1.82, 2.24) is 0 Å². The Kier molecular flexibility index (Phi) is 4.48. The molecule has 0 fully saturated rings. The Balaban J connectivity index is 2.35. The Hall–Kier alpha value is -0.960. The number of rotatable bonds is 2. The number of nitrogens with two attached hydrogens (primary N) is 1. The van der Waals surface area contributed by atoms with Crippen molar-refractivity contribution in [3.8, 4) is 0 Å². The van der Waals surface area contributed by atoms with Gasteiger partial charge in [0.05, 0.1) is 16.9 Å². The van der Waals surface area contributed by atoms with Crippen LogP contribution in [-0.2, 0) is 6.18 Å². The SMILES string of the molecule is Nc1cc(I)ccc1Nc1ccc(Br)c(C(F)(F)F)c1. The molecule has 0 bridgehead atoms. The van der Waals surface area contributed by atoms with E-state index in [2.05, 4.69) is 43.8 Å². The van der Waals surface area contributed by atoms with E-state index in [0.717, 1.165) is 9.64 Å². The lowest BCUT2D eigenvalue weighted by molar-refractivity contribution is -0.138. The van der Waals surface area contributed by atoms with Gasteiger partial charge in [0.1, 0.15) is 0 Å². The van der Waals surface area contributed by atoms with Crippen molar-refractivity contribution in [3.63, 3.8) is 0 Å². The van der Waals surface area contributed by atoms with Crippen molar-refractivity contribution < 1.29 is 13.2 Å². The van der Waals surface area contributed by atoms with Crippen LogP contribution in [0.3, 0.4) is 0 Å². The molecule has 0 saturated carbocycles. The Labute approximate surface area is 135 Å². The third-order valence-electron chi connectivity index (χ3n) is 2.56. The van der Waals surface area contributed by atoms with Crippen molar-refractivity contribution in [3.05, 3.63) is 50.0 Å². The van der Waals surface area contributed by atoms with Gasteiger partial charge in [0, 0.05) is 13.7 Å². The van der Waals surface area contributed by atoms with Gasteiger partial charge in [0.25, 0.3) is 0 Å². The van der Waals surface area contributed by atoms with Gasteiger partial charge in [-0.3, -0.25) is 0 Å².